The molecule has 2 fully saturated rings. The summed E-state index contributed by atoms with van der Waals surface area (Å²) in [5, 5.41) is 2.86. The fourth-order valence-corrected chi connectivity index (χ4v) is 3.92. The van der Waals surface area contributed by atoms with Gasteiger partial charge in [-0.05, 0) is 26.0 Å². The fourth-order valence-electron chi connectivity index (χ4n) is 3.92. The van der Waals surface area contributed by atoms with E-state index >= 15 is 0 Å². The van der Waals surface area contributed by atoms with Gasteiger partial charge in [-0.15, -0.1) is 13.2 Å². The Kier molecular flexibility index (Phi) is 5.83. The van der Waals surface area contributed by atoms with Crippen LogP contribution >= 0.6 is 0 Å². The minimum atomic E-state index is -4.79. The Morgan fingerprint density at radius 2 is 1.79 bits per heavy atom. The van der Waals surface area contributed by atoms with Gasteiger partial charge in [0.05, 0.1) is 6.67 Å². The molecule has 1 aromatic carbocycles. The molecule has 3 rings (SSSR count). The van der Waals surface area contributed by atoms with Gasteiger partial charge >= 0.3 is 12.4 Å². The first kappa shape index (κ1) is 20.4. The van der Waals surface area contributed by atoms with E-state index in [4.69, 9.17) is 0 Å². The van der Waals surface area contributed by atoms with Crippen LogP contribution in [0.4, 0.5) is 18.0 Å². The van der Waals surface area contributed by atoms with Crippen molar-refractivity contribution in [3.63, 3.8) is 0 Å². The smallest absolute Gasteiger partial charge is 0.405 e. The maximum absolute atomic E-state index is 12.9. The zero-order valence-electron chi connectivity index (χ0n) is 15.7. The molecule has 0 unspecified atom stereocenters. The molecule has 28 heavy (non-hydrogen) atoms. The van der Waals surface area contributed by atoms with Crippen molar-refractivity contribution < 1.29 is 27.5 Å². The Hall–Kier alpha value is -2.29. The summed E-state index contributed by atoms with van der Waals surface area (Å²) < 4.78 is 41.8. The van der Waals surface area contributed by atoms with Crippen LogP contribution in [0, 0.1) is 0 Å². The standard InChI is InChI=1S/C19H24F3N3O3/c1-24(12-14-8-4-5-9-15(14)28-19(20,21)22)13-25-16(26)18(23-17(25)27)10-6-2-3-7-11-18/h4-5,8-9H,2-3,6-7,10-13H2,1H3,(H,23,27). The molecule has 1 saturated heterocycles. The molecule has 154 valence electrons. The van der Waals surface area contributed by atoms with E-state index in [2.05, 4.69) is 10.1 Å². The number of imide groups is 1. The summed E-state index contributed by atoms with van der Waals surface area (Å²) in [6.07, 6.45) is 0.322. The van der Waals surface area contributed by atoms with Gasteiger partial charge in [0.2, 0.25) is 0 Å². The molecule has 0 atom stereocenters. The van der Waals surface area contributed by atoms with Gasteiger partial charge in [-0.3, -0.25) is 9.69 Å². The molecule has 0 radical (unpaired) electrons. The average Bonchev–Trinajstić information content (AvgIpc) is 2.78. The molecule has 3 amide bonds. The minimum Gasteiger partial charge on any atom is -0.405 e. The number of carbonyl (C=O) groups is 2. The summed E-state index contributed by atoms with van der Waals surface area (Å²) in [7, 11) is 1.64. The number of alkyl halides is 3. The lowest BCUT2D eigenvalue weighted by atomic mass is 9.90. The summed E-state index contributed by atoms with van der Waals surface area (Å²) in [4.78, 5) is 28.1. The largest absolute Gasteiger partial charge is 0.573 e. The first-order chi connectivity index (χ1) is 13.2. The minimum absolute atomic E-state index is 0.00717. The van der Waals surface area contributed by atoms with Crippen LogP contribution in [0.25, 0.3) is 0 Å². The Labute approximate surface area is 161 Å². The van der Waals surface area contributed by atoms with E-state index in [1.54, 1.807) is 18.0 Å². The normalized spacial score (nSPS) is 19.8. The van der Waals surface area contributed by atoms with Crippen molar-refractivity contribution in [2.24, 2.45) is 0 Å². The fraction of sp³-hybridized carbons (Fsp3) is 0.579. The van der Waals surface area contributed by atoms with Crippen molar-refractivity contribution in [3.05, 3.63) is 29.8 Å². The lowest BCUT2D eigenvalue weighted by Crippen LogP contribution is -2.47. The Morgan fingerprint density at radius 1 is 1.14 bits per heavy atom. The number of amides is 3. The predicted octanol–water partition coefficient (Wildman–Crippen LogP) is 3.62. The van der Waals surface area contributed by atoms with Crippen LogP contribution in [-0.2, 0) is 11.3 Å². The lowest BCUT2D eigenvalue weighted by Gasteiger charge is -2.26. The van der Waals surface area contributed by atoms with Gasteiger partial charge in [0.25, 0.3) is 5.91 Å². The Balaban J connectivity index is 1.68. The van der Waals surface area contributed by atoms with E-state index in [1.165, 1.54) is 18.2 Å². The van der Waals surface area contributed by atoms with E-state index in [-0.39, 0.29) is 24.9 Å². The van der Waals surface area contributed by atoms with Gasteiger partial charge in [-0.25, -0.2) is 9.69 Å². The zero-order valence-corrected chi connectivity index (χ0v) is 15.7. The highest BCUT2D eigenvalue weighted by molar-refractivity contribution is 6.07. The number of benzene rings is 1. The number of hydrogen-bond donors (Lipinski definition) is 1. The van der Waals surface area contributed by atoms with Crippen LogP contribution in [0.1, 0.15) is 44.1 Å². The highest BCUT2D eigenvalue weighted by Crippen LogP contribution is 2.33. The van der Waals surface area contributed by atoms with E-state index in [0.29, 0.717) is 18.4 Å². The second-order valence-corrected chi connectivity index (χ2v) is 7.47. The third-order valence-electron chi connectivity index (χ3n) is 5.22. The molecule has 1 spiro atoms. The molecule has 0 aromatic heterocycles. The van der Waals surface area contributed by atoms with Crippen LogP contribution in [0.15, 0.2) is 24.3 Å². The van der Waals surface area contributed by atoms with Gasteiger partial charge in [0, 0.05) is 12.1 Å². The Morgan fingerprint density at radius 3 is 2.43 bits per heavy atom. The summed E-state index contributed by atoms with van der Waals surface area (Å²) in [5.74, 6) is -0.537. The van der Waals surface area contributed by atoms with Crippen molar-refractivity contribution in [1.29, 1.82) is 0 Å². The van der Waals surface area contributed by atoms with E-state index < -0.39 is 17.9 Å². The number of hydrogen-bond acceptors (Lipinski definition) is 4. The molecular formula is C19H24F3N3O3. The zero-order chi connectivity index (χ0) is 20.4. The van der Waals surface area contributed by atoms with Crippen molar-refractivity contribution >= 4 is 11.9 Å². The number of urea groups is 1. The van der Waals surface area contributed by atoms with Crippen LogP contribution in [0.5, 0.6) is 5.75 Å². The lowest BCUT2D eigenvalue weighted by molar-refractivity contribution is -0.275. The second-order valence-electron chi connectivity index (χ2n) is 7.47. The highest BCUT2D eigenvalue weighted by atomic mass is 19.4. The predicted molar refractivity (Wildman–Crippen MR) is 95.3 cm³/mol. The quantitative estimate of drug-likeness (QED) is 0.769. The molecule has 1 heterocycles. The summed E-state index contributed by atoms with van der Waals surface area (Å²) in [5.41, 5.74) is -0.510. The Bertz CT molecular complexity index is 731. The third kappa shape index (κ3) is 4.57. The molecule has 2 aliphatic rings. The van der Waals surface area contributed by atoms with E-state index in [0.717, 1.165) is 30.6 Å². The number of ether oxygens (including phenoxy) is 1. The molecular weight excluding hydrogens is 375 g/mol. The molecule has 1 saturated carbocycles. The SMILES string of the molecule is CN(Cc1ccccc1OC(F)(F)F)CN1C(=O)NC2(CCCCCC2)C1=O. The monoisotopic (exact) mass is 399 g/mol. The molecule has 1 N–H and O–H groups in total. The van der Waals surface area contributed by atoms with Gasteiger partial charge < -0.3 is 10.1 Å². The number of para-hydroxylation sites is 1. The summed E-state index contributed by atoms with van der Waals surface area (Å²) in [6.45, 7) is 0.0864. The van der Waals surface area contributed by atoms with Gasteiger partial charge in [-0.1, -0.05) is 43.9 Å². The molecule has 6 nitrogen and oxygen atoms in total. The van der Waals surface area contributed by atoms with Crippen LogP contribution in [0.2, 0.25) is 0 Å². The molecule has 9 heteroatoms. The molecule has 1 aliphatic carbocycles. The molecule has 1 aliphatic heterocycles. The number of nitrogens with zero attached hydrogens (tertiary/aromatic N) is 2. The topological polar surface area (TPSA) is 61.9 Å². The first-order valence-electron chi connectivity index (χ1n) is 9.36. The number of halogens is 3. The van der Waals surface area contributed by atoms with E-state index in [9.17, 15) is 22.8 Å². The number of carbonyl (C=O) groups excluding carboxylic acids is 2. The summed E-state index contributed by atoms with van der Waals surface area (Å²) in [6, 6.07) is 5.39. The van der Waals surface area contributed by atoms with Crippen molar-refractivity contribution in [2.45, 2.75) is 57.0 Å². The van der Waals surface area contributed by atoms with Crippen molar-refractivity contribution in [2.75, 3.05) is 13.7 Å². The van der Waals surface area contributed by atoms with Crippen molar-refractivity contribution in [3.8, 4) is 5.75 Å². The van der Waals surface area contributed by atoms with Crippen LogP contribution < -0.4 is 10.1 Å². The molecule has 0 bridgehead atoms. The van der Waals surface area contributed by atoms with Crippen molar-refractivity contribution in [1.82, 2.24) is 15.1 Å². The summed E-state index contributed by atoms with van der Waals surface area (Å²) >= 11 is 0. The third-order valence-corrected chi connectivity index (χ3v) is 5.22. The highest BCUT2D eigenvalue weighted by Gasteiger charge is 2.50. The second kappa shape index (κ2) is 7.98. The first-order valence-corrected chi connectivity index (χ1v) is 9.36. The maximum atomic E-state index is 12.9. The maximum Gasteiger partial charge on any atom is 0.573 e. The molecule has 1 aromatic rings. The van der Waals surface area contributed by atoms with Gasteiger partial charge in [0.1, 0.15) is 11.3 Å². The van der Waals surface area contributed by atoms with E-state index in [1.807, 2.05) is 0 Å². The van der Waals surface area contributed by atoms with Gasteiger partial charge in [-0.2, -0.15) is 0 Å². The van der Waals surface area contributed by atoms with Gasteiger partial charge in [0.15, 0.2) is 0 Å². The van der Waals surface area contributed by atoms with Crippen LogP contribution in [-0.4, -0.2) is 47.4 Å². The number of rotatable bonds is 5. The number of nitrogens with one attached hydrogen (secondary N) is 1. The average molecular weight is 399 g/mol. The van der Waals surface area contributed by atoms with Crippen LogP contribution in [0.3, 0.4) is 0 Å².